The van der Waals surface area contributed by atoms with Crippen molar-refractivity contribution in [1.82, 2.24) is 0 Å². The van der Waals surface area contributed by atoms with Crippen LogP contribution in [0.4, 0.5) is 21.5 Å². The van der Waals surface area contributed by atoms with Crippen molar-refractivity contribution in [3.8, 4) is 0 Å². The molecule has 1 heterocycles. The summed E-state index contributed by atoms with van der Waals surface area (Å²) in [5.74, 6) is -0.576. The molecular formula is C17H19ClFN3O2S. The number of nitrogens with two attached hydrogens (primary N) is 1. The largest absolute Gasteiger partial charge is 0.331 e. The second-order valence-electron chi connectivity index (χ2n) is 5.45. The minimum absolute atomic E-state index is 0. The van der Waals surface area contributed by atoms with Crippen molar-refractivity contribution in [2.75, 3.05) is 21.7 Å². The van der Waals surface area contributed by atoms with Gasteiger partial charge in [-0.05, 0) is 36.8 Å². The number of rotatable bonds is 4. The predicted octanol–water partition coefficient (Wildman–Crippen LogP) is 3.27. The molecular weight excluding hydrogens is 365 g/mol. The maximum atomic E-state index is 14.4. The maximum absolute atomic E-state index is 14.4. The van der Waals surface area contributed by atoms with Crippen LogP contribution in [0, 0.1) is 12.7 Å². The average Bonchev–Trinajstić information content (AvgIpc) is 2.76. The van der Waals surface area contributed by atoms with E-state index >= 15 is 0 Å². The number of nitrogens with zero attached hydrogens (tertiary/aromatic N) is 2. The van der Waals surface area contributed by atoms with Crippen LogP contribution in [0.25, 0.3) is 0 Å². The van der Waals surface area contributed by atoms with Gasteiger partial charge in [0.05, 0.1) is 23.6 Å². The van der Waals surface area contributed by atoms with E-state index in [1.807, 2.05) is 0 Å². The number of benzene rings is 2. The lowest BCUT2D eigenvalue weighted by molar-refractivity contribution is 0.592. The second-order valence-corrected chi connectivity index (χ2v) is 7.16. The fourth-order valence-corrected chi connectivity index (χ4v) is 4.36. The van der Waals surface area contributed by atoms with Gasteiger partial charge in [-0.25, -0.2) is 13.0 Å². The first-order chi connectivity index (χ1) is 11.5. The number of hydrogen-bond donors (Lipinski definition) is 1. The second kappa shape index (κ2) is 7.43. The van der Waals surface area contributed by atoms with Crippen molar-refractivity contribution in [1.29, 1.82) is 0 Å². The van der Waals surface area contributed by atoms with Crippen LogP contribution in [0.2, 0.25) is 0 Å². The first-order valence-electron chi connectivity index (χ1n) is 7.50. The van der Waals surface area contributed by atoms with E-state index in [4.69, 9.17) is 5.73 Å². The number of fused-ring (bicyclic) bond motifs is 1. The molecule has 1 aliphatic heterocycles. The van der Waals surface area contributed by atoms with Crippen molar-refractivity contribution >= 4 is 39.7 Å². The van der Waals surface area contributed by atoms with Crippen molar-refractivity contribution in [3.05, 3.63) is 66.0 Å². The molecule has 5 nitrogen and oxygen atoms in total. The van der Waals surface area contributed by atoms with Gasteiger partial charge in [0.25, 0.3) is 0 Å². The fraction of sp³-hybridized carbons (Fsp3) is 0.176. The van der Waals surface area contributed by atoms with Gasteiger partial charge in [0.1, 0.15) is 5.82 Å². The molecule has 0 saturated heterocycles. The Morgan fingerprint density at radius 1 is 1.08 bits per heavy atom. The Kier molecular flexibility index (Phi) is 5.72. The highest BCUT2D eigenvalue weighted by Crippen LogP contribution is 2.45. The molecule has 0 spiro atoms. The lowest BCUT2D eigenvalue weighted by Gasteiger charge is -2.21. The van der Waals surface area contributed by atoms with Gasteiger partial charge in [-0.15, -0.1) is 12.4 Å². The molecule has 2 aromatic carbocycles. The van der Waals surface area contributed by atoms with Gasteiger partial charge in [0, 0.05) is 6.54 Å². The summed E-state index contributed by atoms with van der Waals surface area (Å²) in [4.78, 5) is 0. The Morgan fingerprint density at radius 2 is 1.76 bits per heavy atom. The van der Waals surface area contributed by atoms with Crippen LogP contribution in [0.3, 0.4) is 0 Å². The normalized spacial score (nSPS) is 15.3. The molecule has 8 heteroatoms. The summed E-state index contributed by atoms with van der Waals surface area (Å²) >= 11 is 0. The number of aryl methyl sites for hydroxylation is 1. The predicted molar refractivity (Wildman–Crippen MR) is 101 cm³/mol. The zero-order valence-corrected chi connectivity index (χ0v) is 15.2. The lowest BCUT2D eigenvalue weighted by atomic mass is 10.2. The van der Waals surface area contributed by atoms with Gasteiger partial charge in [-0.1, -0.05) is 30.4 Å². The molecule has 0 aromatic heterocycles. The fourth-order valence-electron chi connectivity index (χ4n) is 2.68. The summed E-state index contributed by atoms with van der Waals surface area (Å²) in [5.41, 5.74) is 7.10. The maximum Gasteiger partial charge on any atom is 0.331 e. The minimum atomic E-state index is -3.92. The Balaban J connectivity index is 0.00000225. The summed E-state index contributed by atoms with van der Waals surface area (Å²) in [5, 5.41) is 0. The third-order valence-electron chi connectivity index (χ3n) is 3.77. The van der Waals surface area contributed by atoms with Crippen molar-refractivity contribution < 1.29 is 12.8 Å². The van der Waals surface area contributed by atoms with E-state index < -0.39 is 16.0 Å². The van der Waals surface area contributed by atoms with Crippen molar-refractivity contribution in [2.24, 2.45) is 5.73 Å². The number of halogens is 2. The Bertz CT molecular complexity index is 903. The van der Waals surface area contributed by atoms with Gasteiger partial charge >= 0.3 is 10.2 Å². The number of hydrogen-bond acceptors (Lipinski definition) is 3. The molecule has 0 unspecified atom stereocenters. The van der Waals surface area contributed by atoms with E-state index in [-0.39, 0.29) is 24.6 Å². The molecule has 3 rings (SSSR count). The third kappa shape index (κ3) is 3.35. The van der Waals surface area contributed by atoms with Crippen molar-refractivity contribution in [2.45, 2.75) is 6.92 Å². The highest BCUT2D eigenvalue weighted by Gasteiger charge is 2.41. The molecule has 134 valence electrons. The third-order valence-corrected chi connectivity index (χ3v) is 5.53. The first-order valence-corrected chi connectivity index (χ1v) is 8.89. The monoisotopic (exact) mass is 383 g/mol. The summed E-state index contributed by atoms with van der Waals surface area (Å²) in [6, 6.07) is 11.3. The zero-order chi connectivity index (χ0) is 17.3. The van der Waals surface area contributed by atoms with E-state index in [1.165, 1.54) is 16.4 Å². The van der Waals surface area contributed by atoms with E-state index in [0.29, 0.717) is 17.9 Å². The molecule has 2 aromatic rings. The smallest absolute Gasteiger partial charge is 0.327 e. The molecule has 0 fully saturated rings. The summed E-state index contributed by atoms with van der Waals surface area (Å²) in [6.07, 6.45) is 3.37. The Morgan fingerprint density at radius 3 is 2.40 bits per heavy atom. The summed E-state index contributed by atoms with van der Waals surface area (Å²) < 4.78 is 42.7. The summed E-state index contributed by atoms with van der Waals surface area (Å²) in [7, 11) is -3.92. The standard InChI is InChI=1S/C17H18FN3O2S.ClH/c1-13-8-9-15(14(18)12-13)21-17-7-3-2-6-16(17)20(24(21,22)23)11-5-4-10-19;/h2-9,12H,10-11,19H2,1H3;1H. The Hall–Kier alpha value is -2.09. The molecule has 0 bridgehead atoms. The van der Waals surface area contributed by atoms with Crippen LogP contribution in [0.5, 0.6) is 0 Å². The molecule has 2 N–H and O–H groups in total. The molecule has 0 atom stereocenters. The number of para-hydroxylation sites is 2. The number of anilines is 3. The van der Waals surface area contributed by atoms with Gasteiger partial charge < -0.3 is 5.73 Å². The van der Waals surface area contributed by atoms with Gasteiger partial charge in [0.15, 0.2) is 0 Å². The molecule has 0 amide bonds. The van der Waals surface area contributed by atoms with Crippen LogP contribution < -0.4 is 14.3 Å². The minimum Gasteiger partial charge on any atom is -0.327 e. The van der Waals surface area contributed by atoms with Gasteiger partial charge in [0.2, 0.25) is 0 Å². The van der Waals surface area contributed by atoms with Crippen LogP contribution in [0.15, 0.2) is 54.6 Å². The molecule has 0 saturated carbocycles. The summed E-state index contributed by atoms with van der Waals surface area (Å²) in [6.45, 7) is 2.22. The van der Waals surface area contributed by atoms with E-state index in [9.17, 15) is 12.8 Å². The quantitative estimate of drug-likeness (QED) is 0.824. The van der Waals surface area contributed by atoms with E-state index in [1.54, 1.807) is 49.4 Å². The highest BCUT2D eigenvalue weighted by molar-refractivity contribution is 7.95. The topological polar surface area (TPSA) is 66.6 Å². The lowest BCUT2D eigenvalue weighted by Crippen LogP contribution is -2.35. The first kappa shape index (κ1) is 19.2. The van der Waals surface area contributed by atoms with Crippen LogP contribution in [-0.2, 0) is 10.2 Å². The van der Waals surface area contributed by atoms with Gasteiger partial charge in [-0.2, -0.15) is 8.42 Å². The van der Waals surface area contributed by atoms with Crippen LogP contribution >= 0.6 is 12.4 Å². The molecule has 0 aliphatic carbocycles. The van der Waals surface area contributed by atoms with Crippen LogP contribution in [-0.4, -0.2) is 21.5 Å². The average molecular weight is 384 g/mol. The van der Waals surface area contributed by atoms with Gasteiger partial charge in [-0.3, -0.25) is 0 Å². The Labute approximate surface area is 153 Å². The van der Waals surface area contributed by atoms with Crippen molar-refractivity contribution in [3.63, 3.8) is 0 Å². The van der Waals surface area contributed by atoms with E-state index in [0.717, 1.165) is 9.87 Å². The van der Waals surface area contributed by atoms with E-state index in [2.05, 4.69) is 0 Å². The van der Waals surface area contributed by atoms with Crippen LogP contribution in [0.1, 0.15) is 5.56 Å². The molecule has 1 aliphatic rings. The highest BCUT2D eigenvalue weighted by atomic mass is 35.5. The SMILES string of the molecule is Cc1ccc(N2c3ccccc3N(CC=CCN)S2(=O)=O)c(F)c1.Cl. The zero-order valence-electron chi connectivity index (χ0n) is 13.6. The molecule has 25 heavy (non-hydrogen) atoms. The molecule has 0 radical (unpaired) electrons.